The summed E-state index contributed by atoms with van der Waals surface area (Å²) >= 11 is 3.15. The van der Waals surface area contributed by atoms with E-state index in [1.165, 1.54) is 31.0 Å². The lowest BCUT2D eigenvalue weighted by atomic mass is 10.0. The predicted molar refractivity (Wildman–Crippen MR) is 80.7 cm³/mol. The number of sulfonamides is 1. The summed E-state index contributed by atoms with van der Waals surface area (Å²) in [5.41, 5.74) is 0.234. The molecule has 0 atom stereocenters. The zero-order valence-corrected chi connectivity index (χ0v) is 13.7. The first-order valence-electron chi connectivity index (χ1n) is 6.87. The Bertz CT molecular complexity index is 693. The van der Waals surface area contributed by atoms with Gasteiger partial charge in [-0.2, -0.15) is 0 Å². The number of rotatable bonds is 6. The smallest absolute Gasteiger partial charge is 0.335 e. The van der Waals surface area contributed by atoms with Crippen molar-refractivity contribution in [3.63, 3.8) is 0 Å². The summed E-state index contributed by atoms with van der Waals surface area (Å²) in [6.07, 6.45) is 4.61. The Morgan fingerprint density at radius 3 is 2.52 bits per heavy atom. The molecule has 2 aliphatic carbocycles. The topological polar surface area (TPSA) is 83.5 Å². The van der Waals surface area contributed by atoms with Crippen LogP contribution in [0.2, 0.25) is 0 Å². The van der Waals surface area contributed by atoms with Crippen LogP contribution in [0.3, 0.4) is 0 Å². The van der Waals surface area contributed by atoms with Gasteiger partial charge < -0.3 is 5.11 Å². The molecule has 2 fully saturated rings. The third-order valence-corrected chi connectivity index (χ3v) is 6.80. The molecule has 0 radical (unpaired) electrons. The molecule has 2 N–H and O–H groups in total. The molecule has 2 saturated carbocycles. The second-order valence-electron chi connectivity index (χ2n) is 5.91. The molecular formula is C14H16BrNO4S. The van der Waals surface area contributed by atoms with Crippen molar-refractivity contribution < 1.29 is 18.3 Å². The first-order chi connectivity index (χ1) is 9.84. The average molecular weight is 374 g/mol. The van der Waals surface area contributed by atoms with Crippen molar-refractivity contribution in [2.24, 2.45) is 11.3 Å². The van der Waals surface area contributed by atoms with Crippen molar-refractivity contribution in [1.29, 1.82) is 0 Å². The van der Waals surface area contributed by atoms with Crippen molar-refractivity contribution in [3.8, 4) is 0 Å². The zero-order chi connectivity index (χ0) is 15.3. The van der Waals surface area contributed by atoms with Crippen LogP contribution in [0.5, 0.6) is 0 Å². The Balaban J connectivity index is 1.76. The molecule has 0 spiro atoms. The van der Waals surface area contributed by atoms with Crippen LogP contribution < -0.4 is 4.72 Å². The Kier molecular flexibility index (Phi) is 3.62. The summed E-state index contributed by atoms with van der Waals surface area (Å²) in [5, 5.41) is 8.90. The lowest BCUT2D eigenvalue weighted by Crippen LogP contribution is -2.31. The number of hydrogen-bond donors (Lipinski definition) is 2. The maximum atomic E-state index is 12.4. The van der Waals surface area contributed by atoms with E-state index in [9.17, 15) is 13.2 Å². The largest absolute Gasteiger partial charge is 0.478 e. The van der Waals surface area contributed by atoms with Gasteiger partial charge in [-0.1, -0.05) is 0 Å². The molecule has 114 valence electrons. The highest BCUT2D eigenvalue weighted by atomic mass is 79.9. The van der Waals surface area contributed by atoms with Gasteiger partial charge in [0.2, 0.25) is 10.0 Å². The lowest BCUT2D eigenvalue weighted by molar-refractivity contribution is 0.0696. The van der Waals surface area contributed by atoms with E-state index in [0.29, 0.717) is 12.5 Å². The van der Waals surface area contributed by atoms with Crippen LogP contribution >= 0.6 is 15.9 Å². The first kappa shape index (κ1) is 15.0. The molecule has 0 unspecified atom stereocenters. The highest BCUT2D eigenvalue weighted by molar-refractivity contribution is 9.10. The molecular weight excluding hydrogens is 358 g/mol. The Morgan fingerprint density at radius 2 is 2.05 bits per heavy atom. The Morgan fingerprint density at radius 1 is 1.38 bits per heavy atom. The number of halogens is 1. The van der Waals surface area contributed by atoms with E-state index in [2.05, 4.69) is 20.7 Å². The molecule has 0 bridgehead atoms. The number of carboxylic acid groups (broad SMARTS) is 1. The summed E-state index contributed by atoms with van der Waals surface area (Å²) in [5.74, 6) is -0.406. The Hall–Kier alpha value is -0.920. The van der Waals surface area contributed by atoms with Gasteiger partial charge in [0, 0.05) is 11.0 Å². The molecule has 0 aliphatic heterocycles. The fourth-order valence-corrected chi connectivity index (χ4v) is 4.97. The normalized spacial score (nSPS) is 20.2. The fraction of sp³-hybridized carbons (Fsp3) is 0.500. The number of nitrogens with one attached hydrogen (secondary N) is 1. The molecule has 5 nitrogen and oxygen atoms in total. The highest BCUT2D eigenvalue weighted by Gasteiger charge is 2.53. The third-order valence-electron chi connectivity index (χ3n) is 4.42. The van der Waals surface area contributed by atoms with Gasteiger partial charge in [-0.3, -0.25) is 0 Å². The van der Waals surface area contributed by atoms with Crippen LogP contribution in [0.25, 0.3) is 0 Å². The molecule has 0 heterocycles. The van der Waals surface area contributed by atoms with Gasteiger partial charge in [-0.25, -0.2) is 17.9 Å². The predicted octanol–water partition coefficient (Wildman–Crippen LogP) is 2.62. The van der Waals surface area contributed by atoms with Gasteiger partial charge in [0.25, 0.3) is 0 Å². The average Bonchev–Trinajstić information content (AvgIpc) is 3.26. The number of carbonyl (C=O) groups is 1. The van der Waals surface area contributed by atoms with E-state index in [1.807, 2.05) is 0 Å². The first-order valence-corrected chi connectivity index (χ1v) is 9.14. The van der Waals surface area contributed by atoms with Crippen LogP contribution in [0, 0.1) is 11.3 Å². The van der Waals surface area contributed by atoms with Crippen LogP contribution in [0.1, 0.15) is 36.0 Å². The third kappa shape index (κ3) is 3.00. The molecule has 2 aliphatic rings. The van der Waals surface area contributed by atoms with E-state index in [1.54, 1.807) is 0 Å². The van der Waals surface area contributed by atoms with Crippen molar-refractivity contribution in [2.75, 3.05) is 6.54 Å². The van der Waals surface area contributed by atoms with E-state index in [0.717, 1.165) is 12.8 Å². The van der Waals surface area contributed by atoms with Gasteiger partial charge in [0.15, 0.2) is 0 Å². The molecule has 0 amide bonds. The highest BCUT2D eigenvalue weighted by Crippen LogP contribution is 2.60. The second-order valence-corrected chi connectivity index (χ2v) is 8.50. The van der Waals surface area contributed by atoms with Gasteiger partial charge in [0.05, 0.1) is 10.5 Å². The molecule has 21 heavy (non-hydrogen) atoms. The van der Waals surface area contributed by atoms with Crippen molar-refractivity contribution in [3.05, 3.63) is 28.2 Å². The van der Waals surface area contributed by atoms with E-state index >= 15 is 0 Å². The maximum absolute atomic E-state index is 12.4. The number of aromatic carboxylic acids is 1. The summed E-state index contributed by atoms with van der Waals surface area (Å²) in [7, 11) is -3.62. The molecule has 0 aromatic heterocycles. The minimum atomic E-state index is -3.62. The van der Waals surface area contributed by atoms with Crippen LogP contribution in [0.15, 0.2) is 27.6 Å². The summed E-state index contributed by atoms with van der Waals surface area (Å²) < 4.78 is 27.7. The molecule has 3 rings (SSSR count). The number of benzene rings is 1. The van der Waals surface area contributed by atoms with Gasteiger partial charge >= 0.3 is 5.97 Å². The van der Waals surface area contributed by atoms with E-state index in [4.69, 9.17) is 5.11 Å². The second kappa shape index (κ2) is 5.07. The van der Waals surface area contributed by atoms with Crippen molar-refractivity contribution in [1.82, 2.24) is 4.72 Å². The monoisotopic (exact) mass is 373 g/mol. The summed E-state index contributed by atoms with van der Waals surface area (Å²) in [4.78, 5) is 11.0. The quantitative estimate of drug-likeness (QED) is 0.802. The molecule has 1 aromatic carbocycles. The zero-order valence-electron chi connectivity index (χ0n) is 11.3. The van der Waals surface area contributed by atoms with Gasteiger partial charge in [-0.15, -0.1) is 0 Å². The van der Waals surface area contributed by atoms with E-state index < -0.39 is 16.0 Å². The summed E-state index contributed by atoms with van der Waals surface area (Å²) in [6, 6.07) is 3.94. The summed E-state index contributed by atoms with van der Waals surface area (Å²) in [6.45, 7) is 0.479. The van der Waals surface area contributed by atoms with Gasteiger partial charge in [0.1, 0.15) is 0 Å². The molecule has 0 saturated heterocycles. The SMILES string of the molecule is O=C(O)c1ccc(S(=O)(=O)NCC2(C3CC3)CC2)c(Br)c1. The van der Waals surface area contributed by atoms with Crippen molar-refractivity contribution in [2.45, 2.75) is 30.6 Å². The van der Waals surface area contributed by atoms with Crippen LogP contribution in [0.4, 0.5) is 0 Å². The van der Waals surface area contributed by atoms with Crippen LogP contribution in [-0.4, -0.2) is 26.0 Å². The number of hydrogen-bond acceptors (Lipinski definition) is 3. The molecule has 1 aromatic rings. The van der Waals surface area contributed by atoms with Gasteiger partial charge in [-0.05, 0) is 71.1 Å². The lowest BCUT2D eigenvalue weighted by Gasteiger charge is -2.16. The standard InChI is InChI=1S/C14H16BrNO4S/c15-11-7-9(13(17)18)1-4-12(11)21(19,20)16-8-14(5-6-14)10-2-3-10/h1,4,7,10,16H,2-3,5-6,8H2,(H,17,18). The van der Waals surface area contributed by atoms with E-state index in [-0.39, 0.29) is 20.3 Å². The Labute approximate surface area is 131 Å². The minimum absolute atomic E-state index is 0.0532. The fourth-order valence-electron chi connectivity index (χ4n) is 2.75. The van der Waals surface area contributed by atoms with Crippen LogP contribution in [-0.2, 0) is 10.0 Å². The van der Waals surface area contributed by atoms with Crippen molar-refractivity contribution >= 4 is 31.9 Å². The maximum Gasteiger partial charge on any atom is 0.335 e. The minimum Gasteiger partial charge on any atom is -0.478 e. The number of carboxylic acids is 1. The molecule has 7 heteroatoms.